The van der Waals surface area contributed by atoms with Gasteiger partial charge in [0.25, 0.3) is 0 Å². The Morgan fingerprint density at radius 1 is 0.929 bits per heavy atom. The van der Waals surface area contributed by atoms with Gasteiger partial charge in [0.1, 0.15) is 5.75 Å². The number of para-hydroxylation sites is 2. The molecule has 1 heterocycles. The van der Waals surface area contributed by atoms with Crippen molar-refractivity contribution in [3.8, 4) is 5.75 Å². The molecule has 0 aliphatic carbocycles. The van der Waals surface area contributed by atoms with Gasteiger partial charge in [-0.3, -0.25) is 4.90 Å². The largest absolute Gasteiger partial charge is 0.495 e. The Labute approximate surface area is 168 Å². The number of methoxy groups -OCH3 is 1. The van der Waals surface area contributed by atoms with E-state index in [1.54, 1.807) is 7.11 Å². The van der Waals surface area contributed by atoms with Crippen LogP contribution in [-0.2, 0) is 4.74 Å². The number of β-amino-alcohol motifs (C(OH)–C–C–N with tert-alkyl or cyclic N) is 1. The van der Waals surface area contributed by atoms with E-state index in [1.807, 2.05) is 36.4 Å². The molecule has 2 atom stereocenters. The van der Waals surface area contributed by atoms with Crippen LogP contribution < -0.4 is 9.64 Å². The lowest BCUT2D eigenvalue weighted by atomic mass is 10.0. The third kappa shape index (κ3) is 5.71. The van der Waals surface area contributed by atoms with Crippen LogP contribution in [0.15, 0.2) is 54.6 Å². The van der Waals surface area contributed by atoms with Crippen molar-refractivity contribution in [2.75, 3.05) is 57.9 Å². The molecule has 152 valence electrons. The Kier molecular flexibility index (Phi) is 7.71. The summed E-state index contributed by atoms with van der Waals surface area (Å²) in [6.07, 6.45) is -0.458. The van der Waals surface area contributed by atoms with Crippen molar-refractivity contribution in [1.82, 2.24) is 4.90 Å². The highest BCUT2D eigenvalue weighted by Gasteiger charge is 2.21. The van der Waals surface area contributed by atoms with Crippen LogP contribution in [0.5, 0.6) is 5.75 Å². The Bertz CT molecular complexity index is 702. The summed E-state index contributed by atoms with van der Waals surface area (Å²) in [5.74, 6) is 1.25. The Hall–Kier alpha value is -2.08. The number of benzene rings is 2. The first-order chi connectivity index (χ1) is 13.7. The zero-order chi connectivity index (χ0) is 19.8. The summed E-state index contributed by atoms with van der Waals surface area (Å²) < 4.78 is 11.2. The van der Waals surface area contributed by atoms with Crippen LogP contribution in [-0.4, -0.2) is 69.2 Å². The molecule has 5 heteroatoms. The van der Waals surface area contributed by atoms with Crippen molar-refractivity contribution < 1.29 is 14.6 Å². The van der Waals surface area contributed by atoms with Crippen LogP contribution in [0.1, 0.15) is 18.4 Å². The molecule has 1 saturated heterocycles. The van der Waals surface area contributed by atoms with E-state index in [2.05, 4.69) is 34.9 Å². The second kappa shape index (κ2) is 10.5. The highest BCUT2D eigenvalue weighted by Crippen LogP contribution is 2.28. The molecule has 0 radical (unpaired) electrons. The fourth-order valence-corrected chi connectivity index (χ4v) is 3.67. The first kappa shape index (κ1) is 20.6. The van der Waals surface area contributed by atoms with Crippen molar-refractivity contribution in [2.45, 2.75) is 18.9 Å². The molecule has 0 unspecified atom stereocenters. The van der Waals surface area contributed by atoms with Gasteiger partial charge in [-0.05, 0) is 17.7 Å². The van der Waals surface area contributed by atoms with Gasteiger partial charge < -0.3 is 19.5 Å². The number of nitrogens with zero attached hydrogens (tertiary/aromatic N) is 2. The van der Waals surface area contributed by atoms with Gasteiger partial charge >= 0.3 is 0 Å². The molecule has 0 amide bonds. The topological polar surface area (TPSA) is 45.2 Å². The van der Waals surface area contributed by atoms with E-state index in [0.717, 1.165) is 37.6 Å². The molecule has 0 bridgehead atoms. The van der Waals surface area contributed by atoms with Gasteiger partial charge in [-0.25, -0.2) is 0 Å². The van der Waals surface area contributed by atoms with Crippen LogP contribution in [0, 0.1) is 0 Å². The molecule has 0 saturated carbocycles. The first-order valence-electron chi connectivity index (χ1n) is 10.1. The van der Waals surface area contributed by atoms with Crippen LogP contribution in [0.4, 0.5) is 5.69 Å². The molecular formula is C23H32N2O3. The Morgan fingerprint density at radius 2 is 1.61 bits per heavy atom. The van der Waals surface area contributed by atoms with Gasteiger partial charge in [0, 0.05) is 38.6 Å². The molecule has 1 aliphatic rings. The molecule has 28 heavy (non-hydrogen) atoms. The van der Waals surface area contributed by atoms with Crippen molar-refractivity contribution in [3.63, 3.8) is 0 Å². The molecule has 3 rings (SSSR count). The maximum Gasteiger partial charge on any atom is 0.142 e. The molecular weight excluding hydrogens is 352 g/mol. The zero-order valence-corrected chi connectivity index (χ0v) is 17.0. The van der Waals surface area contributed by atoms with Gasteiger partial charge in [0.05, 0.1) is 32.1 Å². The van der Waals surface area contributed by atoms with Gasteiger partial charge in [0.2, 0.25) is 0 Å². The van der Waals surface area contributed by atoms with E-state index in [9.17, 15) is 5.11 Å². The molecule has 2 aromatic rings. The SMILES string of the molecule is COc1ccccc1N1CCN(C[C@@H](O)COC[C@@H](C)c2ccccc2)CC1. The Balaban J connectivity index is 1.37. The van der Waals surface area contributed by atoms with Crippen LogP contribution in [0.2, 0.25) is 0 Å². The minimum absolute atomic E-state index is 0.331. The van der Waals surface area contributed by atoms with E-state index in [4.69, 9.17) is 9.47 Å². The van der Waals surface area contributed by atoms with E-state index in [1.165, 1.54) is 5.56 Å². The lowest BCUT2D eigenvalue weighted by Gasteiger charge is -2.37. The monoisotopic (exact) mass is 384 g/mol. The summed E-state index contributed by atoms with van der Waals surface area (Å²) in [4.78, 5) is 4.65. The standard InChI is InChI=1S/C23H32N2O3/c1-19(20-8-4-3-5-9-20)17-28-18-21(26)16-24-12-14-25(15-13-24)22-10-6-7-11-23(22)27-2/h3-11,19,21,26H,12-18H2,1-2H3/t19-,21-/m1/s1. The van der Waals surface area contributed by atoms with Gasteiger partial charge in [-0.1, -0.05) is 49.4 Å². The fraction of sp³-hybridized carbons (Fsp3) is 0.478. The first-order valence-corrected chi connectivity index (χ1v) is 10.1. The molecule has 5 nitrogen and oxygen atoms in total. The van der Waals surface area contributed by atoms with Crippen LogP contribution in [0.25, 0.3) is 0 Å². The number of ether oxygens (including phenoxy) is 2. The zero-order valence-electron chi connectivity index (χ0n) is 17.0. The summed E-state index contributed by atoms with van der Waals surface area (Å²) in [5.41, 5.74) is 2.41. The third-order valence-electron chi connectivity index (χ3n) is 5.31. The van der Waals surface area contributed by atoms with Crippen LogP contribution >= 0.6 is 0 Å². The Morgan fingerprint density at radius 3 is 2.32 bits per heavy atom. The number of aliphatic hydroxyl groups is 1. The van der Waals surface area contributed by atoms with E-state index in [0.29, 0.717) is 25.7 Å². The number of hydrogen-bond donors (Lipinski definition) is 1. The van der Waals surface area contributed by atoms with Gasteiger partial charge in [-0.15, -0.1) is 0 Å². The smallest absolute Gasteiger partial charge is 0.142 e. The average Bonchev–Trinajstić information content (AvgIpc) is 2.75. The molecule has 0 spiro atoms. The van der Waals surface area contributed by atoms with Gasteiger partial charge in [-0.2, -0.15) is 0 Å². The lowest BCUT2D eigenvalue weighted by Crippen LogP contribution is -2.49. The van der Waals surface area contributed by atoms with Crippen LogP contribution in [0.3, 0.4) is 0 Å². The fourth-order valence-electron chi connectivity index (χ4n) is 3.67. The predicted octanol–water partition coefficient (Wildman–Crippen LogP) is 3.00. The molecule has 1 N–H and O–H groups in total. The summed E-state index contributed by atoms with van der Waals surface area (Å²) in [5, 5.41) is 10.3. The predicted molar refractivity (Wildman–Crippen MR) is 113 cm³/mol. The quantitative estimate of drug-likeness (QED) is 0.720. The van der Waals surface area contributed by atoms with Crippen molar-refractivity contribution in [2.24, 2.45) is 0 Å². The van der Waals surface area contributed by atoms with Crippen molar-refractivity contribution >= 4 is 5.69 Å². The van der Waals surface area contributed by atoms with Crippen molar-refractivity contribution in [1.29, 1.82) is 0 Å². The maximum atomic E-state index is 10.3. The van der Waals surface area contributed by atoms with E-state index in [-0.39, 0.29) is 0 Å². The molecule has 1 aliphatic heterocycles. The second-order valence-corrected chi connectivity index (χ2v) is 7.46. The number of hydrogen-bond acceptors (Lipinski definition) is 5. The summed E-state index contributed by atoms with van der Waals surface area (Å²) in [6.45, 7) is 7.52. The minimum Gasteiger partial charge on any atom is -0.495 e. The highest BCUT2D eigenvalue weighted by atomic mass is 16.5. The second-order valence-electron chi connectivity index (χ2n) is 7.46. The molecule has 2 aromatic carbocycles. The normalized spacial score (nSPS) is 17.3. The lowest BCUT2D eigenvalue weighted by molar-refractivity contribution is 0.0123. The highest BCUT2D eigenvalue weighted by molar-refractivity contribution is 5.58. The number of piperazine rings is 1. The summed E-state index contributed by atoms with van der Waals surface area (Å²) in [7, 11) is 1.71. The van der Waals surface area contributed by atoms with Crippen molar-refractivity contribution in [3.05, 3.63) is 60.2 Å². The summed E-state index contributed by atoms with van der Waals surface area (Å²) >= 11 is 0. The van der Waals surface area contributed by atoms with E-state index >= 15 is 0 Å². The minimum atomic E-state index is -0.458. The molecule has 0 aromatic heterocycles. The average molecular weight is 385 g/mol. The summed E-state index contributed by atoms with van der Waals surface area (Å²) in [6, 6.07) is 18.5. The number of anilines is 1. The number of aliphatic hydroxyl groups excluding tert-OH is 1. The third-order valence-corrected chi connectivity index (χ3v) is 5.31. The number of rotatable bonds is 9. The molecule has 1 fully saturated rings. The van der Waals surface area contributed by atoms with Gasteiger partial charge in [0.15, 0.2) is 0 Å². The van der Waals surface area contributed by atoms with E-state index < -0.39 is 6.10 Å². The maximum absolute atomic E-state index is 10.3.